The van der Waals surface area contributed by atoms with Crippen LogP contribution in [-0.2, 0) is 4.79 Å². The van der Waals surface area contributed by atoms with E-state index in [1.54, 1.807) is 40.8 Å². The highest BCUT2D eigenvalue weighted by Gasteiger charge is 2.28. The highest BCUT2D eigenvalue weighted by molar-refractivity contribution is 7.08. The summed E-state index contributed by atoms with van der Waals surface area (Å²) in [5, 5.41) is 4.01. The van der Waals surface area contributed by atoms with E-state index in [-0.39, 0.29) is 17.7 Å². The van der Waals surface area contributed by atoms with E-state index in [0.717, 1.165) is 5.56 Å². The molecule has 3 rings (SSSR count). The second kappa shape index (κ2) is 6.91. The first-order chi connectivity index (χ1) is 11.2. The highest BCUT2D eigenvalue weighted by atomic mass is 32.1. The van der Waals surface area contributed by atoms with Crippen molar-refractivity contribution < 1.29 is 9.59 Å². The molecule has 0 aliphatic carbocycles. The molecule has 1 aliphatic rings. The van der Waals surface area contributed by atoms with E-state index >= 15 is 0 Å². The van der Waals surface area contributed by atoms with E-state index in [9.17, 15) is 9.59 Å². The Bertz CT molecular complexity index is 664. The Morgan fingerprint density at radius 1 is 1.17 bits per heavy atom. The van der Waals surface area contributed by atoms with Crippen LogP contribution in [0.25, 0.3) is 0 Å². The molecule has 1 fully saturated rings. The first kappa shape index (κ1) is 15.7. The average molecular weight is 329 g/mol. The van der Waals surface area contributed by atoms with Crippen molar-refractivity contribution in [1.82, 2.24) is 14.8 Å². The second-order valence-electron chi connectivity index (χ2n) is 5.64. The Hall–Kier alpha value is -2.21. The monoisotopic (exact) mass is 329 g/mol. The maximum absolute atomic E-state index is 12.6. The van der Waals surface area contributed by atoms with Crippen molar-refractivity contribution in [2.24, 2.45) is 0 Å². The summed E-state index contributed by atoms with van der Waals surface area (Å²) in [6, 6.07) is 5.52. The third kappa shape index (κ3) is 3.42. The summed E-state index contributed by atoms with van der Waals surface area (Å²) in [5.74, 6) is -0.00483. The molecule has 0 saturated carbocycles. The fourth-order valence-corrected chi connectivity index (χ4v) is 3.49. The predicted molar refractivity (Wildman–Crippen MR) is 89.5 cm³/mol. The van der Waals surface area contributed by atoms with Gasteiger partial charge >= 0.3 is 0 Å². The third-order valence-corrected chi connectivity index (χ3v) is 4.90. The van der Waals surface area contributed by atoms with E-state index in [4.69, 9.17) is 0 Å². The van der Waals surface area contributed by atoms with Gasteiger partial charge in [0.15, 0.2) is 0 Å². The number of rotatable bonds is 3. The van der Waals surface area contributed by atoms with Crippen molar-refractivity contribution in [2.75, 3.05) is 26.2 Å². The van der Waals surface area contributed by atoms with Crippen LogP contribution in [0.15, 0.2) is 41.4 Å². The molecule has 0 spiro atoms. The minimum atomic E-state index is -0.123. The zero-order valence-electron chi connectivity index (χ0n) is 13.0. The fourth-order valence-electron chi connectivity index (χ4n) is 2.74. The Morgan fingerprint density at radius 2 is 1.91 bits per heavy atom. The SMILES string of the molecule is CC(C(=O)N1CCN(C(=O)c2cccnc2)CC1)c1ccsc1. The van der Waals surface area contributed by atoms with Crippen molar-refractivity contribution in [2.45, 2.75) is 12.8 Å². The van der Waals surface area contributed by atoms with Crippen molar-refractivity contribution in [1.29, 1.82) is 0 Å². The number of thiophene rings is 1. The van der Waals surface area contributed by atoms with Crippen LogP contribution < -0.4 is 0 Å². The van der Waals surface area contributed by atoms with E-state index in [1.165, 1.54) is 0 Å². The van der Waals surface area contributed by atoms with Crippen LogP contribution in [0.2, 0.25) is 0 Å². The van der Waals surface area contributed by atoms with Crippen LogP contribution in [-0.4, -0.2) is 52.8 Å². The Labute approximate surface area is 139 Å². The number of nitrogens with zero attached hydrogens (tertiary/aromatic N) is 3. The molecule has 3 heterocycles. The summed E-state index contributed by atoms with van der Waals surface area (Å²) in [6.45, 7) is 4.24. The van der Waals surface area contributed by atoms with Crippen molar-refractivity contribution in [3.05, 3.63) is 52.5 Å². The molecule has 0 radical (unpaired) electrons. The number of pyridine rings is 1. The van der Waals surface area contributed by atoms with E-state index in [2.05, 4.69) is 4.98 Å². The Balaban J connectivity index is 1.58. The summed E-state index contributed by atoms with van der Waals surface area (Å²) in [4.78, 5) is 32.6. The number of carbonyl (C=O) groups excluding carboxylic acids is 2. The lowest BCUT2D eigenvalue weighted by molar-refractivity contribution is -0.133. The molecule has 1 saturated heterocycles. The second-order valence-corrected chi connectivity index (χ2v) is 6.42. The summed E-state index contributed by atoms with van der Waals surface area (Å²) in [5.41, 5.74) is 1.66. The lowest BCUT2D eigenvalue weighted by Gasteiger charge is -2.36. The molecule has 1 unspecified atom stereocenters. The smallest absolute Gasteiger partial charge is 0.255 e. The average Bonchev–Trinajstić information content (AvgIpc) is 3.15. The first-order valence-corrected chi connectivity index (χ1v) is 8.61. The van der Waals surface area contributed by atoms with Gasteiger partial charge in [-0.2, -0.15) is 11.3 Å². The number of piperazine rings is 1. The zero-order chi connectivity index (χ0) is 16.2. The molecule has 2 aromatic heterocycles. The molecule has 5 nitrogen and oxygen atoms in total. The van der Waals surface area contributed by atoms with Gasteiger partial charge in [0.25, 0.3) is 5.91 Å². The quantitative estimate of drug-likeness (QED) is 0.868. The molecule has 23 heavy (non-hydrogen) atoms. The van der Waals surface area contributed by atoms with Gasteiger partial charge in [0.05, 0.1) is 11.5 Å². The molecule has 2 aromatic rings. The minimum absolute atomic E-state index is 0.0175. The number of hydrogen-bond acceptors (Lipinski definition) is 4. The molecular weight excluding hydrogens is 310 g/mol. The van der Waals surface area contributed by atoms with Gasteiger partial charge in [0.1, 0.15) is 0 Å². The van der Waals surface area contributed by atoms with Gasteiger partial charge in [-0.25, -0.2) is 0 Å². The molecule has 0 aromatic carbocycles. The topological polar surface area (TPSA) is 53.5 Å². The predicted octanol–water partition coefficient (Wildman–Crippen LogP) is 2.23. The molecule has 0 bridgehead atoms. The number of aromatic nitrogens is 1. The van der Waals surface area contributed by atoms with E-state index in [0.29, 0.717) is 31.7 Å². The molecule has 120 valence electrons. The van der Waals surface area contributed by atoms with Gasteiger partial charge in [-0.1, -0.05) is 0 Å². The van der Waals surface area contributed by atoms with Crippen LogP contribution in [0.1, 0.15) is 28.8 Å². The fraction of sp³-hybridized carbons (Fsp3) is 0.353. The summed E-state index contributed by atoms with van der Waals surface area (Å²) >= 11 is 1.60. The normalized spacial score (nSPS) is 16.2. The summed E-state index contributed by atoms with van der Waals surface area (Å²) in [6.07, 6.45) is 3.23. The van der Waals surface area contributed by atoms with Gasteiger partial charge in [-0.15, -0.1) is 0 Å². The third-order valence-electron chi connectivity index (χ3n) is 4.20. The van der Waals surface area contributed by atoms with Gasteiger partial charge in [0, 0.05) is 38.6 Å². The van der Waals surface area contributed by atoms with Gasteiger partial charge in [0.2, 0.25) is 5.91 Å². The lowest BCUT2D eigenvalue weighted by Crippen LogP contribution is -2.51. The molecule has 1 aliphatic heterocycles. The number of amides is 2. The van der Waals surface area contributed by atoms with Gasteiger partial charge in [-0.3, -0.25) is 14.6 Å². The molecule has 2 amide bonds. The lowest BCUT2D eigenvalue weighted by atomic mass is 10.0. The summed E-state index contributed by atoms with van der Waals surface area (Å²) in [7, 11) is 0. The molecule has 0 N–H and O–H groups in total. The standard InChI is InChI=1S/C17H19N3O2S/c1-13(15-4-10-23-12-15)16(21)19-6-8-20(9-7-19)17(22)14-3-2-5-18-11-14/h2-5,10-13H,6-9H2,1H3. The van der Waals surface area contributed by atoms with Crippen LogP contribution in [0, 0.1) is 0 Å². The largest absolute Gasteiger partial charge is 0.339 e. The minimum Gasteiger partial charge on any atom is -0.339 e. The van der Waals surface area contributed by atoms with E-state index in [1.807, 2.05) is 28.7 Å². The van der Waals surface area contributed by atoms with Gasteiger partial charge in [-0.05, 0) is 41.4 Å². The van der Waals surface area contributed by atoms with E-state index < -0.39 is 0 Å². The number of hydrogen-bond donors (Lipinski definition) is 0. The molecule has 1 atom stereocenters. The van der Waals surface area contributed by atoms with Crippen LogP contribution in [0.4, 0.5) is 0 Å². The zero-order valence-corrected chi connectivity index (χ0v) is 13.8. The first-order valence-electron chi connectivity index (χ1n) is 7.67. The Kier molecular flexibility index (Phi) is 4.71. The van der Waals surface area contributed by atoms with Crippen molar-refractivity contribution >= 4 is 23.2 Å². The molecule has 6 heteroatoms. The maximum Gasteiger partial charge on any atom is 0.255 e. The van der Waals surface area contributed by atoms with Crippen LogP contribution >= 0.6 is 11.3 Å². The summed E-state index contributed by atoms with van der Waals surface area (Å²) < 4.78 is 0. The molecular formula is C17H19N3O2S. The Morgan fingerprint density at radius 3 is 2.52 bits per heavy atom. The van der Waals surface area contributed by atoms with Gasteiger partial charge < -0.3 is 9.80 Å². The maximum atomic E-state index is 12.6. The highest BCUT2D eigenvalue weighted by Crippen LogP contribution is 2.21. The number of carbonyl (C=O) groups is 2. The van der Waals surface area contributed by atoms with Crippen molar-refractivity contribution in [3.63, 3.8) is 0 Å². The van der Waals surface area contributed by atoms with Crippen LogP contribution in [0.3, 0.4) is 0 Å². The van der Waals surface area contributed by atoms with Crippen molar-refractivity contribution in [3.8, 4) is 0 Å². The van der Waals surface area contributed by atoms with Crippen LogP contribution in [0.5, 0.6) is 0 Å².